The van der Waals surface area contributed by atoms with E-state index in [0.29, 0.717) is 0 Å². The molecule has 0 radical (unpaired) electrons. The van der Waals surface area contributed by atoms with Crippen LogP contribution in [0.2, 0.25) is 0 Å². The quantitative estimate of drug-likeness (QED) is 0.833. The molecule has 1 aromatic carbocycles. The van der Waals surface area contributed by atoms with Gasteiger partial charge >= 0.3 is 0 Å². The van der Waals surface area contributed by atoms with Crippen molar-refractivity contribution in [2.75, 3.05) is 13.7 Å². The molecule has 1 aliphatic rings. The molecule has 17 heavy (non-hydrogen) atoms. The van der Waals surface area contributed by atoms with Crippen molar-refractivity contribution in [3.8, 4) is 11.5 Å². The van der Waals surface area contributed by atoms with Crippen molar-refractivity contribution in [1.29, 1.82) is 0 Å². The van der Waals surface area contributed by atoms with Crippen molar-refractivity contribution in [2.24, 2.45) is 0 Å². The molecule has 1 heterocycles. The first-order valence-corrected chi connectivity index (χ1v) is 5.81. The van der Waals surface area contributed by atoms with Crippen molar-refractivity contribution < 1.29 is 14.2 Å². The fourth-order valence-electron chi connectivity index (χ4n) is 2.74. The largest absolute Gasteiger partial charge is 0.504 e. The lowest BCUT2D eigenvalue weighted by molar-refractivity contribution is 0.333. The third-order valence-corrected chi connectivity index (χ3v) is 3.53. The van der Waals surface area contributed by atoms with Gasteiger partial charge in [-0.3, -0.25) is 0 Å². The number of aromatic hydroxyl groups is 1. The van der Waals surface area contributed by atoms with Gasteiger partial charge in [-0.15, -0.1) is 0 Å². The smallest absolute Gasteiger partial charge is 0.196 e. The van der Waals surface area contributed by atoms with Crippen molar-refractivity contribution in [3.63, 3.8) is 0 Å². The summed E-state index contributed by atoms with van der Waals surface area (Å²) >= 11 is 0. The van der Waals surface area contributed by atoms with Crippen LogP contribution in [0.25, 0.3) is 0 Å². The van der Waals surface area contributed by atoms with Crippen LogP contribution in [0.5, 0.6) is 11.5 Å². The van der Waals surface area contributed by atoms with Crippen LogP contribution >= 0.6 is 0 Å². The fourth-order valence-corrected chi connectivity index (χ4v) is 2.74. The highest BCUT2D eigenvalue weighted by Gasteiger charge is 2.35. The second-order valence-electron chi connectivity index (χ2n) is 4.79. The van der Waals surface area contributed by atoms with Gasteiger partial charge in [-0.1, -0.05) is 0 Å². The zero-order valence-electron chi connectivity index (χ0n) is 10.4. The summed E-state index contributed by atoms with van der Waals surface area (Å²) in [6.45, 7) is 4.75. The Kier molecular flexibility index (Phi) is 3.00. The first-order valence-electron chi connectivity index (χ1n) is 5.81. The summed E-state index contributed by atoms with van der Waals surface area (Å²) in [5, 5.41) is 13.5. The summed E-state index contributed by atoms with van der Waals surface area (Å²) in [7, 11) is 1.36. The lowest BCUT2D eigenvalue weighted by Crippen LogP contribution is -2.34. The third-order valence-electron chi connectivity index (χ3n) is 3.53. The summed E-state index contributed by atoms with van der Waals surface area (Å²) in [6.07, 6.45) is 1.98. The highest BCUT2D eigenvalue weighted by atomic mass is 19.1. The number of hydrogen-bond acceptors (Lipinski definition) is 3. The molecule has 94 valence electrons. The van der Waals surface area contributed by atoms with Gasteiger partial charge in [0.2, 0.25) is 0 Å². The van der Waals surface area contributed by atoms with Gasteiger partial charge in [0.05, 0.1) is 7.11 Å². The molecule has 1 unspecified atom stereocenters. The van der Waals surface area contributed by atoms with E-state index in [1.165, 1.54) is 13.2 Å². The zero-order valence-corrected chi connectivity index (χ0v) is 10.4. The van der Waals surface area contributed by atoms with Crippen molar-refractivity contribution in [2.45, 2.75) is 32.2 Å². The van der Waals surface area contributed by atoms with Gasteiger partial charge in [-0.05, 0) is 44.9 Å². The predicted molar refractivity (Wildman–Crippen MR) is 63.9 cm³/mol. The molecule has 1 aliphatic heterocycles. The number of nitrogens with one attached hydrogen (secondary N) is 1. The molecule has 2 N–H and O–H groups in total. The molecule has 1 saturated heterocycles. The highest BCUT2D eigenvalue weighted by Crippen LogP contribution is 2.43. The molecule has 0 spiro atoms. The average Bonchev–Trinajstić information content (AvgIpc) is 2.65. The Morgan fingerprint density at radius 3 is 2.76 bits per heavy atom. The Balaban J connectivity index is 2.60. The summed E-state index contributed by atoms with van der Waals surface area (Å²) in [4.78, 5) is 0. The molecule has 4 heteroatoms. The third kappa shape index (κ3) is 1.86. The van der Waals surface area contributed by atoms with Gasteiger partial charge in [0.15, 0.2) is 17.3 Å². The van der Waals surface area contributed by atoms with Crippen LogP contribution in [0.15, 0.2) is 6.07 Å². The minimum atomic E-state index is -0.521. The molecule has 0 aliphatic carbocycles. The monoisotopic (exact) mass is 239 g/mol. The summed E-state index contributed by atoms with van der Waals surface area (Å²) in [5.74, 6) is -0.671. The highest BCUT2D eigenvalue weighted by molar-refractivity contribution is 5.53. The number of aryl methyl sites for hydroxylation is 1. The average molecular weight is 239 g/mol. The molecule has 0 saturated carbocycles. The number of phenols is 1. The standard InChI is InChI=1S/C13H18FNO2/c1-8-7-9(14)12(17-3)11(16)10(8)13(2)5-4-6-15-13/h7,15-16H,4-6H2,1-3H3. The van der Waals surface area contributed by atoms with Gasteiger partial charge in [0, 0.05) is 11.1 Å². The minimum Gasteiger partial charge on any atom is -0.504 e. The van der Waals surface area contributed by atoms with Crippen LogP contribution < -0.4 is 10.1 Å². The molecular weight excluding hydrogens is 221 g/mol. The van der Waals surface area contributed by atoms with Gasteiger partial charge < -0.3 is 15.2 Å². The molecule has 2 rings (SSSR count). The van der Waals surface area contributed by atoms with Crippen LogP contribution in [-0.4, -0.2) is 18.8 Å². The Labute approximate surface area is 101 Å². The summed E-state index contributed by atoms with van der Waals surface area (Å²) in [5.41, 5.74) is 1.20. The number of methoxy groups -OCH3 is 1. The zero-order chi connectivity index (χ0) is 12.6. The van der Waals surface area contributed by atoms with E-state index in [1.807, 2.05) is 13.8 Å². The van der Waals surface area contributed by atoms with Crippen LogP contribution in [0.3, 0.4) is 0 Å². The maximum absolute atomic E-state index is 13.6. The van der Waals surface area contributed by atoms with E-state index < -0.39 is 5.82 Å². The second kappa shape index (κ2) is 4.18. The van der Waals surface area contributed by atoms with Gasteiger partial charge in [-0.25, -0.2) is 4.39 Å². The fraction of sp³-hybridized carbons (Fsp3) is 0.538. The maximum Gasteiger partial charge on any atom is 0.196 e. The summed E-state index contributed by atoms with van der Waals surface area (Å²) in [6, 6.07) is 1.42. The first-order chi connectivity index (χ1) is 7.99. The maximum atomic E-state index is 13.6. The topological polar surface area (TPSA) is 41.5 Å². The van der Waals surface area contributed by atoms with Gasteiger partial charge in [-0.2, -0.15) is 0 Å². The van der Waals surface area contributed by atoms with E-state index in [-0.39, 0.29) is 17.0 Å². The Morgan fingerprint density at radius 2 is 2.24 bits per heavy atom. The van der Waals surface area contributed by atoms with E-state index in [2.05, 4.69) is 5.32 Å². The van der Waals surface area contributed by atoms with Crippen molar-refractivity contribution in [1.82, 2.24) is 5.32 Å². The molecule has 1 fully saturated rings. The molecule has 0 aromatic heterocycles. The minimum absolute atomic E-state index is 0.0690. The molecule has 0 bridgehead atoms. The van der Waals surface area contributed by atoms with E-state index in [0.717, 1.165) is 30.5 Å². The van der Waals surface area contributed by atoms with Gasteiger partial charge in [0.1, 0.15) is 0 Å². The van der Waals surface area contributed by atoms with Crippen LogP contribution in [-0.2, 0) is 5.54 Å². The van der Waals surface area contributed by atoms with Crippen LogP contribution in [0.1, 0.15) is 30.9 Å². The van der Waals surface area contributed by atoms with Crippen LogP contribution in [0.4, 0.5) is 4.39 Å². The van der Waals surface area contributed by atoms with Crippen molar-refractivity contribution in [3.05, 3.63) is 23.0 Å². The molecule has 1 aromatic rings. The number of phenolic OH excluding ortho intramolecular Hbond substituents is 1. The van der Waals surface area contributed by atoms with Crippen LogP contribution in [0, 0.1) is 12.7 Å². The predicted octanol–water partition coefficient (Wildman–Crippen LogP) is 2.45. The number of hydrogen-bond donors (Lipinski definition) is 2. The number of benzene rings is 1. The van der Waals surface area contributed by atoms with E-state index >= 15 is 0 Å². The Morgan fingerprint density at radius 1 is 1.53 bits per heavy atom. The molecule has 0 amide bonds. The number of halogens is 1. The van der Waals surface area contributed by atoms with E-state index in [1.54, 1.807) is 0 Å². The van der Waals surface area contributed by atoms with Gasteiger partial charge in [0.25, 0.3) is 0 Å². The lowest BCUT2D eigenvalue weighted by atomic mass is 9.86. The number of ether oxygens (including phenoxy) is 1. The second-order valence-corrected chi connectivity index (χ2v) is 4.79. The van der Waals surface area contributed by atoms with E-state index in [9.17, 15) is 9.50 Å². The molecule has 3 nitrogen and oxygen atoms in total. The van der Waals surface area contributed by atoms with Crippen molar-refractivity contribution >= 4 is 0 Å². The Bertz CT molecular complexity index is 440. The van der Waals surface area contributed by atoms with E-state index in [4.69, 9.17) is 4.74 Å². The molecular formula is C13H18FNO2. The lowest BCUT2D eigenvalue weighted by Gasteiger charge is -2.28. The first kappa shape index (κ1) is 12.2. The summed E-state index contributed by atoms with van der Waals surface area (Å²) < 4.78 is 18.5. The normalized spacial score (nSPS) is 24.0. The number of rotatable bonds is 2. The SMILES string of the molecule is COc1c(F)cc(C)c(C2(C)CCCN2)c1O. The Hall–Kier alpha value is -1.29. The molecule has 1 atom stereocenters.